The number of amides is 1. The second-order valence-corrected chi connectivity index (χ2v) is 9.24. The molecule has 0 unspecified atom stereocenters. The van der Waals surface area contributed by atoms with Gasteiger partial charge in [0.1, 0.15) is 10.7 Å². The number of anilines is 1. The van der Waals surface area contributed by atoms with E-state index in [2.05, 4.69) is 5.32 Å². The summed E-state index contributed by atoms with van der Waals surface area (Å²) in [6, 6.07) is 10.0. The maximum Gasteiger partial charge on any atom is 0.267 e. The van der Waals surface area contributed by atoms with Gasteiger partial charge in [-0.25, -0.2) is 17.1 Å². The summed E-state index contributed by atoms with van der Waals surface area (Å²) in [7, 11) is -0.762. The molecule has 3 aromatic rings. The van der Waals surface area contributed by atoms with Crippen molar-refractivity contribution in [2.24, 2.45) is 0 Å². The number of benzene rings is 2. The van der Waals surface area contributed by atoms with Gasteiger partial charge in [0.05, 0.1) is 9.92 Å². The van der Waals surface area contributed by atoms with Crippen molar-refractivity contribution in [3.05, 3.63) is 58.2 Å². The molecule has 1 N–H and O–H groups in total. The van der Waals surface area contributed by atoms with Gasteiger partial charge in [0, 0.05) is 29.9 Å². The van der Waals surface area contributed by atoms with Crippen molar-refractivity contribution in [1.82, 2.24) is 4.31 Å². The molecule has 9 heteroatoms. The number of halogens is 2. The van der Waals surface area contributed by atoms with Crippen LogP contribution in [0.2, 0.25) is 5.02 Å². The lowest BCUT2D eigenvalue weighted by atomic mass is 10.2. The van der Waals surface area contributed by atoms with Crippen LogP contribution in [0, 0.1) is 5.82 Å². The van der Waals surface area contributed by atoms with Gasteiger partial charge in [-0.15, -0.1) is 11.3 Å². The molecule has 1 aromatic heterocycles. The second-order valence-electron chi connectivity index (χ2n) is 5.66. The summed E-state index contributed by atoms with van der Waals surface area (Å²) in [6.45, 7) is 0. The van der Waals surface area contributed by atoms with E-state index in [1.807, 2.05) is 0 Å². The van der Waals surface area contributed by atoms with E-state index in [4.69, 9.17) is 11.6 Å². The van der Waals surface area contributed by atoms with Crippen LogP contribution in [0.3, 0.4) is 0 Å². The predicted octanol–water partition coefficient (Wildman–Crippen LogP) is 4.20. The number of thiophene rings is 1. The number of carbonyl (C=O) groups excluding carboxylic acids is 1. The molecule has 1 amide bonds. The van der Waals surface area contributed by atoms with Gasteiger partial charge in [-0.3, -0.25) is 4.79 Å². The first-order valence-electron chi connectivity index (χ1n) is 7.41. The summed E-state index contributed by atoms with van der Waals surface area (Å²) >= 11 is 7.31. The van der Waals surface area contributed by atoms with E-state index in [0.717, 1.165) is 15.6 Å². The molecule has 0 saturated heterocycles. The van der Waals surface area contributed by atoms with Crippen molar-refractivity contribution in [3.63, 3.8) is 0 Å². The Balaban J connectivity index is 1.93. The number of hydrogen-bond acceptors (Lipinski definition) is 4. The minimum Gasteiger partial charge on any atom is -0.321 e. The van der Waals surface area contributed by atoms with Gasteiger partial charge < -0.3 is 5.32 Å². The van der Waals surface area contributed by atoms with Gasteiger partial charge in [-0.05, 0) is 36.4 Å². The maximum absolute atomic E-state index is 13.3. The van der Waals surface area contributed by atoms with Crippen LogP contribution in [0.25, 0.3) is 10.1 Å². The van der Waals surface area contributed by atoms with Crippen LogP contribution in [-0.4, -0.2) is 32.7 Å². The van der Waals surface area contributed by atoms with Crippen LogP contribution in [0.5, 0.6) is 0 Å². The van der Waals surface area contributed by atoms with E-state index < -0.39 is 21.7 Å². The Morgan fingerprint density at radius 1 is 1.19 bits per heavy atom. The van der Waals surface area contributed by atoms with E-state index in [0.29, 0.717) is 15.8 Å². The number of nitrogens with zero attached hydrogens (tertiary/aromatic N) is 1. The Labute approximate surface area is 159 Å². The molecule has 0 spiro atoms. The summed E-state index contributed by atoms with van der Waals surface area (Å²) in [6.07, 6.45) is 0. The molecule has 0 aliphatic rings. The summed E-state index contributed by atoms with van der Waals surface area (Å²) < 4.78 is 39.4. The largest absolute Gasteiger partial charge is 0.321 e. The van der Waals surface area contributed by atoms with Crippen LogP contribution >= 0.6 is 22.9 Å². The lowest BCUT2D eigenvalue weighted by Crippen LogP contribution is -2.22. The number of rotatable bonds is 4. The fourth-order valence-electron chi connectivity index (χ4n) is 2.32. The van der Waals surface area contributed by atoms with E-state index in [9.17, 15) is 17.6 Å². The molecule has 0 aliphatic carbocycles. The summed E-state index contributed by atoms with van der Waals surface area (Å²) in [4.78, 5) is 12.8. The highest BCUT2D eigenvalue weighted by Crippen LogP contribution is 2.36. The molecule has 0 aliphatic heterocycles. The molecule has 5 nitrogen and oxygen atoms in total. The molecule has 0 saturated carbocycles. The number of hydrogen-bond donors (Lipinski definition) is 1. The van der Waals surface area contributed by atoms with Gasteiger partial charge in [0.25, 0.3) is 5.91 Å². The first-order valence-corrected chi connectivity index (χ1v) is 10.0. The van der Waals surface area contributed by atoms with E-state index in [1.54, 1.807) is 6.07 Å². The van der Waals surface area contributed by atoms with E-state index in [-0.39, 0.29) is 14.8 Å². The van der Waals surface area contributed by atoms with Crippen LogP contribution in [0.1, 0.15) is 9.67 Å². The van der Waals surface area contributed by atoms with E-state index in [1.165, 1.54) is 50.5 Å². The highest BCUT2D eigenvalue weighted by atomic mass is 35.5. The van der Waals surface area contributed by atoms with Crippen molar-refractivity contribution in [3.8, 4) is 0 Å². The lowest BCUT2D eigenvalue weighted by molar-refractivity contribution is 0.103. The molecule has 0 radical (unpaired) electrons. The Bertz CT molecular complexity index is 1110. The minimum atomic E-state index is -3.62. The van der Waals surface area contributed by atoms with Crippen LogP contribution in [0.4, 0.5) is 10.1 Å². The number of carbonyl (C=O) groups is 1. The molecule has 0 bridgehead atoms. The van der Waals surface area contributed by atoms with Crippen molar-refractivity contribution in [2.45, 2.75) is 4.90 Å². The fraction of sp³-hybridized carbons (Fsp3) is 0.118. The van der Waals surface area contributed by atoms with Gasteiger partial charge in [-0.1, -0.05) is 17.7 Å². The minimum absolute atomic E-state index is 0.0600. The van der Waals surface area contributed by atoms with Crippen molar-refractivity contribution in [1.29, 1.82) is 0 Å². The monoisotopic (exact) mass is 412 g/mol. The summed E-state index contributed by atoms with van der Waals surface area (Å²) in [5.41, 5.74) is 0.317. The number of fused-ring (bicyclic) bond motifs is 1. The fourth-order valence-corrected chi connectivity index (χ4v) is 4.70. The average Bonchev–Trinajstić information content (AvgIpc) is 2.91. The molecular weight excluding hydrogens is 399 g/mol. The lowest BCUT2D eigenvalue weighted by Gasteiger charge is -2.12. The molecule has 2 aromatic carbocycles. The third kappa shape index (κ3) is 3.45. The predicted molar refractivity (Wildman–Crippen MR) is 102 cm³/mol. The standard InChI is InChI=1S/C17H14ClFN2O3S2/c1-21(2)26(23,24)12-5-3-4-11(9-12)20-17(22)16-15(18)13-7-6-10(19)8-14(13)25-16/h3-9H,1-2H3,(H,20,22). The van der Waals surface area contributed by atoms with Crippen molar-refractivity contribution < 1.29 is 17.6 Å². The second kappa shape index (κ2) is 6.96. The normalized spacial score (nSPS) is 11.9. The van der Waals surface area contributed by atoms with Crippen LogP contribution in [-0.2, 0) is 10.0 Å². The van der Waals surface area contributed by atoms with Gasteiger partial charge >= 0.3 is 0 Å². The van der Waals surface area contributed by atoms with Gasteiger partial charge in [0.2, 0.25) is 10.0 Å². The molecule has 0 fully saturated rings. The molecule has 136 valence electrons. The molecule has 26 heavy (non-hydrogen) atoms. The topological polar surface area (TPSA) is 66.5 Å². The highest BCUT2D eigenvalue weighted by Gasteiger charge is 2.20. The van der Waals surface area contributed by atoms with Gasteiger partial charge in [-0.2, -0.15) is 0 Å². The Hall–Kier alpha value is -2.00. The Morgan fingerprint density at radius 2 is 1.92 bits per heavy atom. The van der Waals surface area contributed by atoms with Crippen molar-refractivity contribution in [2.75, 3.05) is 19.4 Å². The Kier molecular flexibility index (Phi) is 5.03. The zero-order valence-corrected chi connectivity index (χ0v) is 16.2. The summed E-state index contributed by atoms with van der Waals surface area (Å²) in [5, 5.41) is 3.46. The first-order chi connectivity index (χ1) is 12.2. The number of sulfonamides is 1. The molecule has 0 atom stereocenters. The SMILES string of the molecule is CN(C)S(=O)(=O)c1cccc(NC(=O)c2sc3cc(F)ccc3c2Cl)c1. The highest BCUT2D eigenvalue weighted by molar-refractivity contribution is 7.89. The zero-order valence-electron chi connectivity index (χ0n) is 13.8. The molecule has 1 heterocycles. The average molecular weight is 413 g/mol. The first kappa shape index (κ1) is 18.8. The molecular formula is C17H14ClFN2O3S2. The van der Waals surface area contributed by atoms with Crippen LogP contribution in [0.15, 0.2) is 47.4 Å². The smallest absolute Gasteiger partial charge is 0.267 e. The zero-order chi connectivity index (χ0) is 19.1. The van der Waals surface area contributed by atoms with Crippen LogP contribution < -0.4 is 5.32 Å². The third-order valence-corrected chi connectivity index (χ3v) is 7.14. The number of nitrogens with one attached hydrogen (secondary N) is 1. The van der Waals surface area contributed by atoms with E-state index >= 15 is 0 Å². The van der Waals surface area contributed by atoms with Crippen molar-refractivity contribution >= 4 is 54.6 Å². The maximum atomic E-state index is 13.3. The summed E-state index contributed by atoms with van der Waals surface area (Å²) in [5.74, 6) is -0.903. The van der Waals surface area contributed by atoms with Gasteiger partial charge in [0.15, 0.2) is 0 Å². The Morgan fingerprint density at radius 3 is 2.62 bits per heavy atom. The molecule has 3 rings (SSSR count). The quantitative estimate of drug-likeness (QED) is 0.698. The third-order valence-electron chi connectivity index (χ3n) is 3.67.